The number of benzene rings is 1. The van der Waals surface area contributed by atoms with E-state index < -0.39 is 0 Å². The van der Waals surface area contributed by atoms with E-state index in [1.807, 2.05) is 0 Å². The number of nitrogens with zero attached hydrogens (tertiary/aromatic N) is 1. The summed E-state index contributed by atoms with van der Waals surface area (Å²) in [7, 11) is 0. The lowest BCUT2D eigenvalue weighted by molar-refractivity contribution is 0.190. The third-order valence-electron chi connectivity index (χ3n) is 5.20. The molecule has 21 heavy (non-hydrogen) atoms. The zero-order valence-electron chi connectivity index (χ0n) is 13.6. The summed E-state index contributed by atoms with van der Waals surface area (Å²) in [6, 6.07) is 9.70. The molecule has 0 spiro atoms. The second-order valence-corrected chi connectivity index (χ2v) is 7.20. The first-order valence-corrected chi connectivity index (χ1v) is 8.74. The maximum atomic E-state index is 3.83. The normalized spacial score (nSPS) is 22.4. The number of rotatable bonds is 6. The van der Waals surface area contributed by atoms with E-state index in [2.05, 4.69) is 48.3 Å². The average molecular weight is 286 g/mol. The standard InChI is InChI=1S/C19H30N2/c1-15-3-5-17(6-4-15)19(18-7-8-18)20-11-14-21-12-9-16(2)10-13-21/h3-6,16,18-20H,7-14H2,1-2H3. The molecule has 1 aromatic carbocycles. The molecule has 1 aliphatic carbocycles. The molecule has 1 saturated carbocycles. The third kappa shape index (κ3) is 4.31. The van der Waals surface area contributed by atoms with E-state index in [-0.39, 0.29) is 0 Å². The van der Waals surface area contributed by atoms with Crippen molar-refractivity contribution in [1.82, 2.24) is 10.2 Å². The van der Waals surface area contributed by atoms with Crippen molar-refractivity contribution in [1.29, 1.82) is 0 Å². The van der Waals surface area contributed by atoms with Crippen molar-refractivity contribution < 1.29 is 0 Å². The van der Waals surface area contributed by atoms with Crippen LogP contribution in [0.1, 0.15) is 49.8 Å². The maximum absolute atomic E-state index is 3.83. The van der Waals surface area contributed by atoms with E-state index in [0.29, 0.717) is 6.04 Å². The van der Waals surface area contributed by atoms with Crippen molar-refractivity contribution in [3.63, 3.8) is 0 Å². The Labute approximate surface area is 129 Å². The van der Waals surface area contributed by atoms with Crippen LogP contribution < -0.4 is 5.32 Å². The fourth-order valence-electron chi connectivity index (χ4n) is 3.42. The summed E-state index contributed by atoms with van der Waals surface area (Å²) < 4.78 is 0. The van der Waals surface area contributed by atoms with Crippen LogP contribution in [0.4, 0.5) is 0 Å². The van der Waals surface area contributed by atoms with Gasteiger partial charge in [0.2, 0.25) is 0 Å². The van der Waals surface area contributed by atoms with Gasteiger partial charge < -0.3 is 10.2 Å². The van der Waals surface area contributed by atoms with Crippen molar-refractivity contribution in [3.8, 4) is 0 Å². The summed E-state index contributed by atoms with van der Waals surface area (Å²) in [5, 5.41) is 3.83. The van der Waals surface area contributed by atoms with Gasteiger partial charge in [0.1, 0.15) is 0 Å². The van der Waals surface area contributed by atoms with Gasteiger partial charge in [0, 0.05) is 19.1 Å². The van der Waals surface area contributed by atoms with E-state index >= 15 is 0 Å². The number of hydrogen-bond donors (Lipinski definition) is 1. The van der Waals surface area contributed by atoms with Crippen LogP contribution in [-0.2, 0) is 0 Å². The Morgan fingerprint density at radius 3 is 2.38 bits per heavy atom. The first-order valence-electron chi connectivity index (χ1n) is 8.74. The molecule has 1 aliphatic heterocycles. The van der Waals surface area contributed by atoms with Gasteiger partial charge in [-0.25, -0.2) is 0 Å². The van der Waals surface area contributed by atoms with Gasteiger partial charge in [-0.2, -0.15) is 0 Å². The van der Waals surface area contributed by atoms with Gasteiger partial charge in [-0.05, 0) is 63.1 Å². The third-order valence-corrected chi connectivity index (χ3v) is 5.20. The maximum Gasteiger partial charge on any atom is 0.0349 e. The Morgan fingerprint density at radius 1 is 1.10 bits per heavy atom. The highest BCUT2D eigenvalue weighted by atomic mass is 15.1. The molecule has 2 fully saturated rings. The van der Waals surface area contributed by atoms with Gasteiger partial charge >= 0.3 is 0 Å². The van der Waals surface area contributed by atoms with Crippen molar-refractivity contribution in [3.05, 3.63) is 35.4 Å². The van der Waals surface area contributed by atoms with Gasteiger partial charge in [0.05, 0.1) is 0 Å². The first kappa shape index (κ1) is 15.1. The molecule has 0 radical (unpaired) electrons. The van der Waals surface area contributed by atoms with E-state index in [4.69, 9.17) is 0 Å². The summed E-state index contributed by atoms with van der Waals surface area (Å²) in [6.07, 6.45) is 5.55. The van der Waals surface area contributed by atoms with E-state index in [0.717, 1.165) is 18.4 Å². The number of nitrogens with one attached hydrogen (secondary N) is 1. The van der Waals surface area contributed by atoms with Gasteiger partial charge in [0.25, 0.3) is 0 Å². The Kier molecular flexibility index (Phi) is 4.97. The van der Waals surface area contributed by atoms with E-state index in [1.54, 1.807) is 0 Å². The lowest BCUT2D eigenvalue weighted by Gasteiger charge is -2.31. The molecule has 3 rings (SSSR count). The number of likely N-dealkylation sites (tertiary alicyclic amines) is 1. The van der Waals surface area contributed by atoms with Crippen LogP contribution in [0.15, 0.2) is 24.3 Å². The molecule has 1 N–H and O–H groups in total. The van der Waals surface area contributed by atoms with Crippen molar-refractivity contribution in [2.24, 2.45) is 11.8 Å². The SMILES string of the molecule is Cc1ccc(C(NCCN2CCC(C)CC2)C2CC2)cc1. The average Bonchev–Trinajstić information content (AvgIpc) is 3.31. The van der Waals surface area contributed by atoms with Crippen LogP contribution in [0, 0.1) is 18.8 Å². The lowest BCUT2D eigenvalue weighted by Crippen LogP contribution is -2.38. The summed E-state index contributed by atoms with van der Waals surface area (Å²) >= 11 is 0. The fraction of sp³-hybridized carbons (Fsp3) is 0.684. The minimum absolute atomic E-state index is 0.578. The van der Waals surface area contributed by atoms with E-state index in [9.17, 15) is 0 Å². The summed E-state index contributed by atoms with van der Waals surface area (Å²) in [5.41, 5.74) is 2.84. The highest BCUT2D eigenvalue weighted by molar-refractivity contribution is 5.25. The second kappa shape index (κ2) is 6.93. The molecular formula is C19H30N2. The van der Waals surface area contributed by atoms with Gasteiger partial charge in [-0.3, -0.25) is 0 Å². The molecule has 2 aliphatic rings. The molecule has 1 aromatic rings. The zero-order valence-corrected chi connectivity index (χ0v) is 13.6. The first-order chi connectivity index (χ1) is 10.2. The molecule has 1 unspecified atom stereocenters. The highest BCUT2D eigenvalue weighted by Gasteiger charge is 2.31. The fourth-order valence-corrected chi connectivity index (χ4v) is 3.42. The van der Waals surface area contributed by atoms with Crippen molar-refractivity contribution >= 4 is 0 Å². The smallest absolute Gasteiger partial charge is 0.0349 e. The molecule has 2 heteroatoms. The summed E-state index contributed by atoms with van der Waals surface area (Å²) in [6.45, 7) is 9.48. The molecule has 1 saturated heterocycles. The van der Waals surface area contributed by atoms with Crippen LogP contribution >= 0.6 is 0 Å². The predicted octanol–water partition coefficient (Wildman–Crippen LogP) is 3.77. The molecule has 0 aromatic heterocycles. The Bertz CT molecular complexity index is 427. The molecule has 0 bridgehead atoms. The van der Waals surface area contributed by atoms with Gasteiger partial charge in [0.15, 0.2) is 0 Å². The van der Waals surface area contributed by atoms with Crippen LogP contribution in [0.25, 0.3) is 0 Å². The minimum Gasteiger partial charge on any atom is -0.308 e. The monoisotopic (exact) mass is 286 g/mol. The van der Waals surface area contributed by atoms with Crippen LogP contribution in [0.3, 0.4) is 0 Å². The molecule has 2 nitrogen and oxygen atoms in total. The van der Waals surface area contributed by atoms with Gasteiger partial charge in [-0.15, -0.1) is 0 Å². The zero-order chi connectivity index (χ0) is 14.7. The van der Waals surface area contributed by atoms with Crippen LogP contribution in [0.2, 0.25) is 0 Å². The lowest BCUT2D eigenvalue weighted by atomic mass is 9.99. The largest absolute Gasteiger partial charge is 0.308 e. The van der Waals surface area contributed by atoms with Gasteiger partial charge in [-0.1, -0.05) is 36.8 Å². The van der Waals surface area contributed by atoms with Crippen LogP contribution in [-0.4, -0.2) is 31.1 Å². The van der Waals surface area contributed by atoms with E-state index in [1.165, 1.54) is 56.4 Å². The second-order valence-electron chi connectivity index (χ2n) is 7.20. The van der Waals surface area contributed by atoms with Crippen LogP contribution in [0.5, 0.6) is 0 Å². The summed E-state index contributed by atoms with van der Waals surface area (Å²) in [4.78, 5) is 2.63. The highest BCUT2D eigenvalue weighted by Crippen LogP contribution is 2.40. The Morgan fingerprint density at radius 2 is 1.76 bits per heavy atom. The Balaban J connectivity index is 1.48. The predicted molar refractivity (Wildman–Crippen MR) is 89.5 cm³/mol. The quantitative estimate of drug-likeness (QED) is 0.856. The Hall–Kier alpha value is -0.860. The summed E-state index contributed by atoms with van der Waals surface area (Å²) in [5.74, 6) is 1.80. The molecule has 116 valence electrons. The van der Waals surface area contributed by atoms with Crippen molar-refractivity contribution in [2.75, 3.05) is 26.2 Å². The molecule has 0 amide bonds. The molecule has 1 heterocycles. The molecular weight excluding hydrogens is 256 g/mol. The number of piperidine rings is 1. The number of hydrogen-bond acceptors (Lipinski definition) is 2. The minimum atomic E-state index is 0.578. The number of aryl methyl sites for hydroxylation is 1. The molecule has 1 atom stereocenters. The van der Waals surface area contributed by atoms with Crippen molar-refractivity contribution in [2.45, 2.75) is 45.6 Å². The topological polar surface area (TPSA) is 15.3 Å².